The van der Waals surface area contributed by atoms with E-state index in [4.69, 9.17) is 23.4 Å². The van der Waals surface area contributed by atoms with E-state index < -0.39 is 69.2 Å². The highest BCUT2D eigenvalue weighted by molar-refractivity contribution is 5.93. The molecule has 6 saturated carbocycles. The van der Waals surface area contributed by atoms with E-state index >= 15 is 9.59 Å². The van der Waals surface area contributed by atoms with Crippen molar-refractivity contribution in [2.24, 2.45) is 74.4 Å². The molecule has 12 heteroatoms. The molecule has 11 fully saturated rings. The van der Waals surface area contributed by atoms with Crippen LogP contribution in [0.4, 0.5) is 0 Å². The molecule has 3 N–H and O–H groups in total. The first-order valence-electron chi connectivity index (χ1n) is 28.6. The monoisotopic (exact) mass is 987 g/mol. The fraction of sp³-hybridized carbons (Fsp3) is 0.750. The van der Waals surface area contributed by atoms with Crippen molar-refractivity contribution in [3.8, 4) is 0 Å². The number of cyclic esters (lactones) is 2. The minimum Gasteiger partial charge on any atom is -0.469 e. The third-order valence-electron chi connectivity index (χ3n) is 23.6. The molecule has 12 nitrogen and oxygen atoms in total. The molecule has 1 aromatic carbocycles. The molecular formula is C60H78N2O10. The van der Waals surface area contributed by atoms with Gasteiger partial charge in [0.1, 0.15) is 30.2 Å². The Morgan fingerprint density at radius 1 is 0.889 bits per heavy atom. The average Bonchev–Trinajstić information content (AvgIpc) is 3.96. The lowest BCUT2D eigenvalue weighted by molar-refractivity contribution is -0.286. The summed E-state index contributed by atoms with van der Waals surface area (Å²) >= 11 is 0. The number of hydrogen-bond donors (Lipinski definition) is 3. The molecule has 2 aromatic rings. The van der Waals surface area contributed by atoms with Crippen molar-refractivity contribution in [2.45, 2.75) is 178 Å². The van der Waals surface area contributed by atoms with E-state index in [1.807, 2.05) is 19.9 Å². The first-order valence-corrected chi connectivity index (χ1v) is 28.6. The third kappa shape index (κ3) is 6.08. The van der Waals surface area contributed by atoms with Gasteiger partial charge in [0, 0.05) is 47.4 Å². The number of nitrogens with zero attached hydrogens (tertiary/aromatic N) is 1. The number of epoxide rings is 1. The molecule has 18 atom stereocenters. The van der Waals surface area contributed by atoms with Crippen molar-refractivity contribution in [3.05, 3.63) is 71.8 Å². The number of esters is 2. The number of fused-ring (bicyclic) bond motifs is 5. The van der Waals surface area contributed by atoms with Crippen LogP contribution in [0.2, 0.25) is 0 Å². The van der Waals surface area contributed by atoms with Crippen LogP contribution in [-0.2, 0) is 46.2 Å². The lowest BCUT2D eigenvalue weighted by Crippen LogP contribution is -2.80. The van der Waals surface area contributed by atoms with Gasteiger partial charge in [0.05, 0.1) is 36.0 Å². The van der Waals surface area contributed by atoms with Crippen LogP contribution >= 0.6 is 0 Å². The Balaban J connectivity index is 0.876. The average molecular weight is 987 g/mol. The molecule has 4 spiro atoms. The molecule has 12 aliphatic rings. The normalized spacial score (nSPS) is 47.4. The quantitative estimate of drug-likeness (QED) is 0.172. The Bertz CT molecular complexity index is 2540. The smallest absolute Gasteiger partial charge is 0.339 e. The van der Waals surface area contributed by atoms with E-state index in [9.17, 15) is 15.0 Å². The Morgan fingerprint density at radius 3 is 2.54 bits per heavy atom. The van der Waals surface area contributed by atoms with Gasteiger partial charge in [-0.15, -0.1) is 0 Å². The highest BCUT2D eigenvalue weighted by atomic mass is 16.7. The fourth-order valence-corrected chi connectivity index (χ4v) is 21.0. The zero-order valence-corrected chi connectivity index (χ0v) is 42.9. The Labute approximate surface area is 425 Å². The number of furan rings is 1. The summed E-state index contributed by atoms with van der Waals surface area (Å²) in [5.41, 5.74) is -4.08. The standard InChI is InChI=1S/C60H78N2O10/c1-54(2)47-46(64)48(65)59(40-13-9-12-36(27-40)26-35-10-5-4-6-11-35)45(58(47)33-69-53(67)57(52(58)72-54)23-22-56(32-57)19-7-8-20-56)16-21-55(3)49(70-51(66)50-60(55,59)71-50)42-18-25-68-44(42)29-39(31-63)37-14-15-41-38(28-37)17-24-62-34-61-30-43(41)62/h4-6,10-11,17-18,24-25,36-41,43,45,47-50,52,61,63,65H,7-9,12-16,19-23,26-34H2,1-3H3/t36-,37-,38+,39+,40-,41+,43-,45+,47+,48+,49-,50+,52-,55-,57-,58+,59-,60+/m0/s1. The summed E-state index contributed by atoms with van der Waals surface area (Å²) in [6.45, 7) is 8.24. The lowest BCUT2D eigenvalue weighted by Gasteiger charge is -2.70. The van der Waals surface area contributed by atoms with Crippen LogP contribution in [0.15, 0.2) is 59.4 Å². The molecule has 14 rings (SSSR count). The number of aliphatic hydroxyl groups excluding tert-OH is 2. The van der Waals surface area contributed by atoms with Gasteiger partial charge in [-0.1, -0.05) is 69.0 Å². The SMILES string of the molecule is CC1(C)O[C@H]2[C@@]3(CCC4(CCCC4)C3)C(=O)OC[C@@]23[C@@H]1C(=O)[C@@H](O)[C@]1([C@H]2CCC[C@@H](Cc4ccccc4)C2)[C@@H]3CC[C@@]2(C)[C@H](c3ccoc3C[C@H](CO)[C@H]3CC[C@@H]4[C@H](C=CN5CNC[C@@H]45)C3)OC(=O)[C@H]3O[C@@]312. The lowest BCUT2D eigenvalue weighted by atomic mass is 9.32. The highest BCUT2D eigenvalue weighted by Gasteiger charge is 2.94. The van der Waals surface area contributed by atoms with E-state index in [-0.39, 0.29) is 54.1 Å². The van der Waals surface area contributed by atoms with Crippen molar-refractivity contribution in [2.75, 3.05) is 26.4 Å². The second kappa shape index (κ2) is 16.2. The molecule has 0 amide bonds. The van der Waals surface area contributed by atoms with Gasteiger partial charge in [-0.2, -0.15) is 0 Å². The molecule has 7 heterocycles. The van der Waals surface area contributed by atoms with E-state index in [0.29, 0.717) is 55.9 Å². The number of ketones is 1. The highest BCUT2D eigenvalue weighted by Crippen LogP contribution is 2.84. The number of hydrogen-bond acceptors (Lipinski definition) is 12. The summed E-state index contributed by atoms with van der Waals surface area (Å²) in [7, 11) is 0. The Kier molecular flexibility index (Phi) is 10.6. The van der Waals surface area contributed by atoms with Crippen molar-refractivity contribution in [3.63, 3.8) is 0 Å². The van der Waals surface area contributed by atoms with Crippen molar-refractivity contribution < 1.29 is 48.0 Å². The second-order valence-corrected chi connectivity index (χ2v) is 26.9. The second-order valence-electron chi connectivity index (χ2n) is 26.9. The molecule has 0 bridgehead atoms. The molecule has 6 aliphatic carbocycles. The predicted molar refractivity (Wildman–Crippen MR) is 264 cm³/mol. The molecule has 5 saturated heterocycles. The minimum atomic E-state index is -1.45. The summed E-state index contributed by atoms with van der Waals surface area (Å²) in [5.74, 6) is 0.196. The summed E-state index contributed by atoms with van der Waals surface area (Å²) in [6.07, 6.45) is 18.7. The first-order chi connectivity index (χ1) is 34.8. The van der Waals surface area contributed by atoms with Gasteiger partial charge in [0.25, 0.3) is 0 Å². The third-order valence-corrected chi connectivity index (χ3v) is 23.6. The topological polar surface area (TPSA) is 160 Å². The van der Waals surface area contributed by atoms with Crippen LogP contribution in [0, 0.1) is 74.4 Å². The van der Waals surface area contributed by atoms with E-state index in [2.05, 4.69) is 59.7 Å². The maximum atomic E-state index is 16.2. The molecule has 1 aromatic heterocycles. The van der Waals surface area contributed by atoms with E-state index in [1.165, 1.54) is 5.56 Å². The molecule has 6 aliphatic heterocycles. The summed E-state index contributed by atoms with van der Waals surface area (Å²) < 4.78 is 34.7. The van der Waals surface area contributed by atoms with Crippen molar-refractivity contribution in [1.29, 1.82) is 0 Å². The maximum absolute atomic E-state index is 16.2. The number of benzene rings is 1. The van der Waals surface area contributed by atoms with Crippen LogP contribution in [-0.4, -0.2) is 94.8 Å². The number of rotatable bonds is 8. The van der Waals surface area contributed by atoms with Crippen LogP contribution < -0.4 is 5.32 Å². The van der Waals surface area contributed by atoms with Crippen LogP contribution in [0.3, 0.4) is 0 Å². The molecular weight excluding hydrogens is 909 g/mol. The van der Waals surface area contributed by atoms with Crippen molar-refractivity contribution in [1.82, 2.24) is 10.2 Å². The summed E-state index contributed by atoms with van der Waals surface area (Å²) in [6, 6.07) is 13.1. The van der Waals surface area contributed by atoms with E-state index in [0.717, 1.165) is 108 Å². The first kappa shape index (κ1) is 46.9. The van der Waals surface area contributed by atoms with Crippen LogP contribution in [0.5, 0.6) is 0 Å². The predicted octanol–water partition coefficient (Wildman–Crippen LogP) is 8.42. The number of carbonyl (C=O) groups is 3. The van der Waals surface area contributed by atoms with Gasteiger partial charge in [-0.3, -0.25) is 14.9 Å². The number of aliphatic hydroxyl groups is 2. The zero-order valence-electron chi connectivity index (χ0n) is 42.9. The molecule has 72 heavy (non-hydrogen) atoms. The van der Waals surface area contributed by atoms with Crippen LogP contribution in [0.1, 0.15) is 146 Å². The largest absolute Gasteiger partial charge is 0.469 e. The van der Waals surface area contributed by atoms with Gasteiger partial charge in [0.2, 0.25) is 0 Å². The Morgan fingerprint density at radius 2 is 1.72 bits per heavy atom. The summed E-state index contributed by atoms with van der Waals surface area (Å²) in [5, 5.41) is 28.6. The maximum Gasteiger partial charge on any atom is 0.339 e. The molecule has 0 radical (unpaired) electrons. The van der Waals surface area contributed by atoms with Crippen LogP contribution in [0.25, 0.3) is 0 Å². The van der Waals surface area contributed by atoms with Crippen molar-refractivity contribution >= 4 is 17.7 Å². The summed E-state index contributed by atoms with van der Waals surface area (Å²) in [4.78, 5) is 48.6. The Hall–Kier alpha value is -3.55. The number of ether oxygens (including phenoxy) is 4. The van der Waals surface area contributed by atoms with Gasteiger partial charge in [-0.05, 0) is 162 Å². The number of nitrogens with one attached hydrogen (secondary N) is 1. The van der Waals surface area contributed by atoms with Gasteiger partial charge < -0.3 is 38.5 Å². The number of Topliss-reactive ketones (excluding diaryl/α,β-unsaturated/α-hetero) is 1. The molecule has 388 valence electrons. The van der Waals surface area contributed by atoms with Gasteiger partial charge in [0.15, 0.2) is 11.9 Å². The van der Waals surface area contributed by atoms with Gasteiger partial charge >= 0.3 is 11.9 Å². The molecule has 0 unspecified atom stereocenters. The number of carbonyl (C=O) groups excluding carboxylic acids is 3. The fourth-order valence-electron chi connectivity index (χ4n) is 21.0. The zero-order chi connectivity index (χ0) is 49.2. The van der Waals surface area contributed by atoms with Gasteiger partial charge in [-0.25, -0.2) is 4.79 Å². The number of allylic oxidation sites excluding steroid dienone is 1. The van der Waals surface area contributed by atoms with E-state index in [1.54, 1.807) is 6.26 Å². The minimum absolute atomic E-state index is 0.0286.